The molecule has 3 nitrogen and oxygen atoms in total. The molecule has 3 heteroatoms. The summed E-state index contributed by atoms with van der Waals surface area (Å²) >= 11 is 0. The fraction of sp³-hybridized carbons (Fsp3) is 0.0500. The molecule has 0 radical (unpaired) electrons. The first-order chi connectivity index (χ1) is 11.1. The first kappa shape index (κ1) is 13.6. The van der Waals surface area contributed by atoms with Gasteiger partial charge in [-0.25, -0.2) is 0 Å². The van der Waals surface area contributed by atoms with E-state index in [0.29, 0.717) is 5.39 Å². The molecule has 0 saturated carbocycles. The van der Waals surface area contributed by atoms with Crippen LogP contribution in [0.5, 0.6) is 5.75 Å². The van der Waals surface area contributed by atoms with Gasteiger partial charge in [-0.2, -0.15) is 0 Å². The minimum Gasteiger partial charge on any atom is -0.508 e. The molecule has 1 aromatic heterocycles. The van der Waals surface area contributed by atoms with Gasteiger partial charge in [-0.3, -0.25) is 4.79 Å². The number of para-hydroxylation sites is 1. The summed E-state index contributed by atoms with van der Waals surface area (Å²) in [4.78, 5) is 12.7. The van der Waals surface area contributed by atoms with Crippen LogP contribution in [0.25, 0.3) is 32.9 Å². The van der Waals surface area contributed by atoms with Gasteiger partial charge in [-0.05, 0) is 47.5 Å². The molecule has 4 aromatic rings. The maximum absolute atomic E-state index is 12.7. The number of benzene rings is 3. The first-order valence-corrected chi connectivity index (χ1v) is 7.46. The molecule has 0 atom stereocenters. The molecule has 0 spiro atoms. The number of nitrogens with zero attached hydrogens (tertiary/aromatic N) is 1. The van der Waals surface area contributed by atoms with Crippen molar-refractivity contribution in [1.82, 2.24) is 4.57 Å². The summed E-state index contributed by atoms with van der Waals surface area (Å²) in [6.45, 7) is 0. The Morgan fingerprint density at radius 3 is 2.22 bits per heavy atom. The number of phenols is 1. The average Bonchev–Trinajstić information content (AvgIpc) is 2.60. The number of aryl methyl sites for hydroxylation is 1. The molecule has 0 amide bonds. The van der Waals surface area contributed by atoms with Crippen molar-refractivity contribution in [2.75, 3.05) is 0 Å². The quantitative estimate of drug-likeness (QED) is 0.539. The van der Waals surface area contributed by atoms with Crippen LogP contribution in [0.4, 0.5) is 0 Å². The fourth-order valence-electron chi connectivity index (χ4n) is 3.07. The van der Waals surface area contributed by atoms with Crippen LogP contribution >= 0.6 is 0 Å². The largest absolute Gasteiger partial charge is 0.508 e. The van der Waals surface area contributed by atoms with Crippen LogP contribution in [0.15, 0.2) is 71.5 Å². The van der Waals surface area contributed by atoms with Gasteiger partial charge >= 0.3 is 0 Å². The predicted octanol–water partition coefficient (Wildman–Crippen LogP) is 4.06. The molecule has 0 unspecified atom stereocenters. The molecule has 1 N–H and O–H groups in total. The maximum atomic E-state index is 12.7. The van der Waals surface area contributed by atoms with E-state index in [1.165, 1.54) is 0 Å². The number of rotatable bonds is 1. The van der Waals surface area contributed by atoms with Crippen molar-refractivity contribution in [3.8, 4) is 16.9 Å². The van der Waals surface area contributed by atoms with E-state index in [-0.39, 0.29) is 11.2 Å². The number of phenolic OH excluding ortho intramolecular Hbond substituents is 1. The lowest BCUT2D eigenvalue weighted by Gasteiger charge is -2.12. The Hall–Kier alpha value is -3.07. The molecular formula is C20H15NO2. The second-order valence-corrected chi connectivity index (χ2v) is 5.68. The molecule has 0 saturated heterocycles. The Balaban J connectivity index is 2.06. The Morgan fingerprint density at radius 1 is 0.783 bits per heavy atom. The summed E-state index contributed by atoms with van der Waals surface area (Å²) in [7, 11) is 1.98. The number of fused-ring (bicyclic) bond motifs is 2. The Morgan fingerprint density at radius 2 is 1.43 bits per heavy atom. The van der Waals surface area contributed by atoms with Gasteiger partial charge in [0.25, 0.3) is 0 Å². The van der Waals surface area contributed by atoms with E-state index in [1.807, 2.05) is 61.6 Å². The molecule has 0 fully saturated rings. The van der Waals surface area contributed by atoms with E-state index in [1.54, 1.807) is 12.1 Å². The van der Waals surface area contributed by atoms with Crippen LogP contribution in [-0.4, -0.2) is 9.67 Å². The first-order valence-electron chi connectivity index (χ1n) is 7.46. The SMILES string of the molecule is Cn1c2ccccc2c(=O)c2ccc(-c3ccc(O)cc3)cc21. The Labute approximate surface area is 133 Å². The van der Waals surface area contributed by atoms with Crippen molar-refractivity contribution in [3.05, 3.63) is 77.0 Å². The lowest BCUT2D eigenvalue weighted by atomic mass is 10.0. The highest BCUT2D eigenvalue weighted by atomic mass is 16.3. The highest BCUT2D eigenvalue weighted by Crippen LogP contribution is 2.26. The zero-order valence-corrected chi connectivity index (χ0v) is 12.7. The van der Waals surface area contributed by atoms with Gasteiger partial charge in [0.2, 0.25) is 0 Å². The molecule has 1 heterocycles. The third-order valence-electron chi connectivity index (χ3n) is 4.31. The fourth-order valence-corrected chi connectivity index (χ4v) is 3.07. The van der Waals surface area contributed by atoms with Gasteiger partial charge in [0, 0.05) is 17.8 Å². The van der Waals surface area contributed by atoms with Crippen LogP contribution in [0.1, 0.15) is 0 Å². The monoisotopic (exact) mass is 301 g/mol. The van der Waals surface area contributed by atoms with E-state index in [2.05, 4.69) is 4.57 Å². The molecule has 0 aliphatic heterocycles. The van der Waals surface area contributed by atoms with Crippen LogP contribution < -0.4 is 5.43 Å². The molecular weight excluding hydrogens is 286 g/mol. The van der Waals surface area contributed by atoms with E-state index >= 15 is 0 Å². The van der Waals surface area contributed by atoms with Crippen LogP contribution in [0.2, 0.25) is 0 Å². The lowest BCUT2D eigenvalue weighted by Crippen LogP contribution is -2.08. The summed E-state index contributed by atoms with van der Waals surface area (Å²) in [6, 6.07) is 20.6. The van der Waals surface area contributed by atoms with E-state index < -0.39 is 0 Å². The second-order valence-electron chi connectivity index (χ2n) is 5.68. The van der Waals surface area contributed by atoms with Gasteiger partial charge < -0.3 is 9.67 Å². The minimum atomic E-state index is 0.0611. The molecule has 0 aliphatic carbocycles. The summed E-state index contributed by atoms with van der Waals surface area (Å²) in [6.07, 6.45) is 0. The van der Waals surface area contributed by atoms with E-state index in [9.17, 15) is 9.90 Å². The lowest BCUT2D eigenvalue weighted by molar-refractivity contribution is 0.475. The van der Waals surface area contributed by atoms with Crippen molar-refractivity contribution in [2.24, 2.45) is 7.05 Å². The van der Waals surface area contributed by atoms with E-state index in [0.717, 1.165) is 27.5 Å². The Bertz CT molecular complexity index is 1090. The molecule has 0 aliphatic rings. The third kappa shape index (κ3) is 2.09. The zero-order chi connectivity index (χ0) is 16.0. The maximum Gasteiger partial charge on any atom is 0.197 e. The molecule has 23 heavy (non-hydrogen) atoms. The number of aromatic hydroxyl groups is 1. The number of hydrogen-bond donors (Lipinski definition) is 1. The molecule has 112 valence electrons. The van der Waals surface area contributed by atoms with Crippen molar-refractivity contribution < 1.29 is 5.11 Å². The number of hydrogen-bond acceptors (Lipinski definition) is 2. The smallest absolute Gasteiger partial charge is 0.197 e. The second kappa shape index (κ2) is 4.99. The van der Waals surface area contributed by atoms with Crippen molar-refractivity contribution in [1.29, 1.82) is 0 Å². The highest BCUT2D eigenvalue weighted by molar-refractivity contribution is 5.95. The van der Waals surface area contributed by atoms with Gasteiger partial charge in [-0.1, -0.05) is 30.3 Å². The molecule has 3 aromatic carbocycles. The number of pyridine rings is 1. The normalized spacial score (nSPS) is 11.2. The molecule has 4 rings (SSSR count). The predicted molar refractivity (Wildman–Crippen MR) is 93.8 cm³/mol. The van der Waals surface area contributed by atoms with Crippen LogP contribution in [-0.2, 0) is 7.05 Å². The van der Waals surface area contributed by atoms with E-state index in [4.69, 9.17) is 0 Å². The van der Waals surface area contributed by atoms with Crippen LogP contribution in [0, 0.1) is 0 Å². The third-order valence-corrected chi connectivity index (χ3v) is 4.31. The summed E-state index contributed by atoms with van der Waals surface area (Å²) < 4.78 is 2.05. The van der Waals surface area contributed by atoms with Gasteiger partial charge in [0.05, 0.1) is 11.0 Å². The van der Waals surface area contributed by atoms with Gasteiger partial charge in [-0.15, -0.1) is 0 Å². The molecule has 0 bridgehead atoms. The van der Waals surface area contributed by atoms with Crippen molar-refractivity contribution in [3.63, 3.8) is 0 Å². The number of aromatic nitrogens is 1. The van der Waals surface area contributed by atoms with Crippen molar-refractivity contribution in [2.45, 2.75) is 0 Å². The average molecular weight is 301 g/mol. The summed E-state index contributed by atoms with van der Waals surface area (Å²) in [5.74, 6) is 0.243. The van der Waals surface area contributed by atoms with Gasteiger partial charge in [0.15, 0.2) is 5.43 Å². The zero-order valence-electron chi connectivity index (χ0n) is 12.7. The van der Waals surface area contributed by atoms with Crippen molar-refractivity contribution >= 4 is 21.8 Å². The topological polar surface area (TPSA) is 42.2 Å². The van der Waals surface area contributed by atoms with Gasteiger partial charge in [0.1, 0.15) is 5.75 Å². The van der Waals surface area contributed by atoms with Crippen LogP contribution in [0.3, 0.4) is 0 Å². The summed E-state index contributed by atoms with van der Waals surface area (Å²) in [5, 5.41) is 10.9. The minimum absolute atomic E-state index is 0.0611. The summed E-state index contributed by atoms with van der Waals surface area (Å²) in [5.41, 5.74) is 3.91. The highest BCUT2D eigenvalue weighted by Gasteiger charge is 2.09. The Kier molecular flexibility index (Phi) is 2.95. The standard InChI is InChI=1S/C20H15NO2/c1-21-18-5-3-2-4-16(18)20(23)17-11-8-14(12-19(17)21)13-6-9-15(22)10-7-13/h2-12,22H,1H3.